The summed E-state index contributed by atoms with van der Waals surface area (Å²) in [4.78, 5) is 12.5. The van der Waals surface area contributed by atoms with E-state index in [9.17, 15) is 4.79 Å². The SMILES string of the molecule is CCn1ncc(Br)c1CNC(=O)c1cccc(COc2ccccc2Br)c1. The normalized spacial score (nSPS) is 10.6. The van der Waals surface area contributed by atoms with Crippen LogP contribution < -0.4 is 10.1 Å². The van der Waals surface area contributed by atoms with Crippen LogP contribution in [0.2, 0.25) is 0 Å². The smallest absolute Gasteiger partial charge is 0.251 e. The highest BCUT2D eigenvalue weighted by molar-refractivity contribution is 9.10. The summed E-state index contributed by atoms with van der Waals surface area (Å²) in [5.41, 5.74) is 2.47. The Morgan fingerprint density at radius 2 is 1.96 bits per heavy atom. The number of nitrogens with one attached hydrogen (secondary N) is 1. The van der Waals surface area contributed by atoms with Crippen molar-refractivity contribution >= 4 is 37.8 Å². The summed E-state index contributed by atoms with van der Waals surface area (Å²) in [7, 11) is 0. The molecule has 0 atom stereocenters. The lowest BCUT2D eigenvalue weighted by Gasteiger charge is -2.10. The molecule has 0 aliphatic heterocycles. The first-order chi connectivity index (χ1) is 13.1. The third kappa shape index (κ3) is 4.99. The van der Waals surface area contributed by atoms with Crippen LogP contribution in [-0.4, -0.2) is 15.7 Å². The van der Waals surface area contributed by atoms with E-state index in [2.05, 4.69) is 42.3 Å². The van der Waals surface area contributed by atoms with Crippen molar-refractivity contribution in [3.8, 4) is 5.75 Å². The van der Waals surface area contributed by atoms with E-state index < -0.39 is 0 Å². The van der Waals surface area contributed by atoms with E-state index >= 15 is 0 Å². The van der Waals surface area contributed by atoms with Crippen molar-refractivity contribution in [1.82, 2.24) is 15.1 Å². The summed E-state index contributed by atoms with van der Waals surface area (Å²) >= 11 is 6.93. The van der Waals surface area contributed by atoms with Crippen molar-refractivity contribution in [2.24, 2.45) is 0 Å². The molecule has 0 saturated heterocycles. The maximum Gasteiger partial charge on any atom is 0.251 e. The van der Waals surface area contributed by atoms with Gasteiger partial charge < -0.3 is 10.1 Å². The molecule has 2 aromatic carbocycles. The number of benzene rings is 2. The second kappa shape index (κ2) is 9.19. The Hall–Kier alpha value is -2.12. The Morgan fingerprint density at radius 3 is 2.74 bits per heavy atom. The number of para-hydroxylation sites is 1. The van der Waals surface area contributed by atoms with Crippen molar-refractivity contribution in [2.75, 3.05) is 0 Å². The topological polar surface area (TPSA) is 56.2 Å². The first kappa shape index (κ1) is 19.6. The number of ether oxygens (including phenoxy) is 1. The fourth-order valence-electron chi connectivity index (χ4n) is 2.63. The molecular weight excluding hydrogens is 474 g/mol. The Morgan fingerprint density at radius 1 is 1.15 bits per heavy atom. The number of halogens is 2. The highest BCUT2D eigenvalue weighted by atomic mass is 79.9. The fraction of sp³-hybridized carbons (Fsp3) is 0.200. The number of amides is 1. The molecule has 0 saturated carbocycles. The van der Waals surface area contributed by atoms with Crippen LogP contribution in [0, 0.1) is 0 Å². The Balaban J connectivity index is 1.63. The standard InChI is InChI=1S/C20H19Br2N3O2/c1-2-25-18(17(22)11-24-25)12-23-20(26)15-7-5-6-14(10-15)13-27-19-9-4-3-8-16(19)21/h3-11H,2,12-13H2,1H3,(H,23,26). The molecule has 1 aromatic heterocycles. The van der Waals surface area contributed by atoms with E-state index in [0.29, 0.717) is 18.7 Å². The number of hydrogen-bond acceptors (Lipinski definition) is 3. The molecular formula is C20H19Br2N3O2. The van der Waals surface area contributed by atoms with Gasteiger partial charge in [0.2, 0.25) is 0 Å². The van der Waals surface area contributed by atoms with Gasteiger partial charge in [0.1, 0.15) is 12.4 Å². The molecule has 0 bridgehead atoms. The summed E-state index contributed by atoms with van der Waals surface area (Å²) in [5.74, 6) is 0.638. The van der Waals surface area contributed by atoms with Gasteiger partial charge in [0.15, 0.2) is 0 Å². The average Bonchev–Trinajstić information content (AvgIpc) is 3.05. The predicted octanol–water partition coefficient (Wildman–Crippen LogP) is 4.94. The molecule has 1 heterocycles. The van der Waals surface area contributed by atoms with Crippen molar-refractivity contribution < 1.29 is 9.53 Å². The average molecular weight is 493 g/mol. The van der Waals surface area contributed by atoms with E-state index in [1.807, 2.05) is 54.1 Å². The summed E-state index contributed by atoms with van der Waals surface area (Å²) < 4.78 is 9.47. The first-order valence-electron chi connectivity index (χ1n) is 8.53. The van der Waals surface area contributed by atoms with Gasteiger partial charge in [-0.05, 0) is 68.6 Å². The zero-order valence-corrected chi connectivity index (χ0v) is 18.0. The minimum atomic E-state index is -0.131. The fourth-order valence-corrected chi connectivity index (χ4v) is 3.46. The lowest BCUT2D eigenvalue weighted by Crippen LogP contribution is -2.24. The highest BCUT2D eigenvalue weighted by Gasteiger charge is 2.11. The molecule has 1 N–H and O–H groups in total. The highest BCUT2D eigenvalue weighted by Crippen LogP contribution is 2.24. The molecule has 0 aliphatic rings. The number of carbonyl (C=O) groups excluding carboxylic acids is 1. The van der Waals surface area contributed by atoms with Crippen LogP contribution in [0.1, 0.15) is 28.5 Å². The molecule has 0 aliphatic carbocycles. The summed E-state index contributed by atoms with van der Waals surface area (Å²) in [6, 6.07) is 15.1. The predicted molar refractivity (Wildman–Crippen MR) is 112 cm³/mol. The Labute approximate surface area is 175 Å². The molecule has 140 valence electrons. The molecule has 3 rings (SSSR count). The molecule has 1 amide bonds. The lowest BCUT2D eigenvalue weighted by molar-refractivity contribution is 0.0949. The van der Waals surface area contributed by atoms with Crippen LogP contribution in [0.5, 0.6) is 5.75 Å². The van der Waals surface area contributed by atoms with Gasteiger partial charge in [-0.15, -0.1) is 0 Å². The lowest BCUT2D eigenvalue weighted by atomic mass is 10.1. The molecule has 3 aromatic rings. The summed E-state index contributed by atoms with van der Waals surface area (Å²) in [6.45, 7) is 3.56. The van der Waals surface area contributed by atoms with Gasteiger partial charge in [0, 0.05) is 12.1 Å². The number of nitrogens with zero attached hydrogens (tertiary/aromatic N) is 2. The van der Waals surface area contributed by atoms with Gasteiger partial charge >= 0.3 is 0 Å². The van der Waals surface area contributed by atoms with Crippen LogP contribution >= 0.6 is 31.9 Å². The maximum absolute atomic E-state index is 12.5. The largest absolute Gasteiger partial charge is 0.488 e. The Bertz CT molecular complexity index is 940. The quantitative estimate of drug-likeness (QED) is 0.508. The number of rotatable bonds is 7. The van der Waals surface area contributed by atoms with Crippen molar-refractivity contribution in [2.45, 2.75) is 26.6 Å². The van der Waals surface area contributed by atoms with Crippen LogP contribution in [0.4, 0.5) is 0 Å². The zero-order chi connectivity index (χ0) is 19.2. The van der Waals surface area contributed by atoms with E-state index in [1.165, 1.54) is 0 Å². The molecule has 0 unspecified atom stereocenters. The van der Waals surface area contributed by atoms with Gasteiger partial charge in [0.05, 0.1) is 27.4 Å². The third-order valence-electron chi connectivity index (χ3n) is 4.03. The number of carbonyl (C=O) groups is 1. The first-order valence-corrected chi connectivity index (χ1v) is 10.1. The molecule has 27 heavy (non-hydrogen) atoms. The molecule has 0 fully saturated rings. The number of hydrogen-bond donors (Lipinski definition) is 1. The minimum absolute atomic E-state index is 0.131. The maximum atomic E-state index is 12.5. The van der Waals surface area contributed by atoms with Crippen molar-refractivity contribution in [3.63, 3.8) is 0 Å². The van der Waals surface area contributed by atoms with Gasteiger partial charge in [-0.2, -0.15) is 5.10 Å². The van der Waals surface area contributed by atoms with E-state index in [4.69, 9.17) is 4.74 Å². The molecule has 0 spiro atoms. The van der Waals surface area contributed by atoms with Gasteiger partial charge in [-0.1, -0.05) is 24.3 Å². The van der Waals surface area contributed by atoms with E-state index in [-0.39, 0.29) is 5.91 Å². The van der Waals surface area contributed by atoms with Gasteiger partial charge in [-0.3, -0.25) is 9.48 Å². The Kier molecular flexibility index (Phi) is 6.68. The molecule has 7 heteroatoms. The molecule has 5 nitrogen and oxygen atoms in total. The summed E-state index contributed by atoms with van der Waals surface area (Å²) in [6.07, 6.45) is 1.74. The van der Waals surface area contributed by atoms with Gasteiger partial charge in [-0.25, -0.2) is 0 Å². The van der Waals surface area contributed by atoms with Crippen LogP contribution in [0.15, 0.2) is 63.7 Å². The van der Waals surface area contributed by atoms with E-state index in [1.54, 1.807) is 12.3 Å². The second-order valence-corrected chi connectivity index (χ2v) is 7.57. The van der Waals surface area contributed by atoms with Crippen LogP contribution in [0.25, 0.3) is 0 Å². The summed E-state index contributed by atoms with van der Waals surface area (Å²) in [5, 5.41) is 7.21. The van der Waals surface area contributed by atoms with Crippen molar-refractivity contribution in [3.05, 3.63) is 80.5 Å². The van der Waals surface area contributed by atoms with Crippen LogP contribution in [0.3, 0.4) is 0 Å². The second-order valence-electron chi connectivity index (χ2n) is 5.86. The third-order valence-corrected chi connectivity index (χ3v) is 5.35. The van der Waals surface area contributed by atoms with E-state index in [0.717, 1.165) is 32.5 Å². The number of aryl methyl sites for hydroxylation is 1. The number of aromatic nitrogens is 2. The van der Waals surface area contributed by atoms with Crippen LogP contribution in [-0.2, 0) is 19.7 Å². The van der Waals surface area contributed by atoms with Crippen molar-refractivity contribution in [1.29, 1.82) is 0 Å². The zero-order valence-electron chi connectivity index (χ0n) is 14.8. The van der Waals surface area contributed by atoms with Gasteiger partial charge in [0.25, 0.3) is 5.91 Å². The minimum Gasteiger partial charge on any atom is -0.488 e. The molecule has 0 radical (unpaired) electrons. The monoisotopic (exact) mass is 491 g/mol.